The Labute approximate surface area is 125 Å². The summed E-state index contributed by atoms with van der Waals surface area (Å²) in [7, 11) is 4.23. The molecular weight excluding hydrogens is 274 g/mol. The fraction of sp³-hybridized carbons (Fsp3) is 0.667. The zero-order valence-corrected chi connectivity index (χ0v) is 13.1. The number of carbonyl (C=O) groups excluding carboxylic acids is 1. The van der Waals surface area contributed by atoms with Crippen LogP contribution in [0.2, 0.25) is 5.02 Å². The van der Waals surface area contributed by atoms with E-state index in [2.05, 4.69) is 29.3 Å². The van der Waals surface area contributed by atoms with Gasteiger partial charge in [0.05, 0.1) is 5.02 Å². The smallest absolute Gasteiger partial charge is 0.267 e. The summed E-state index contributed by atoms with van der Waals surface area (Å²) in [5.74, 6) is -0.0811. The van der Waals surface area contributed by atoms with Crippen LogP contribution in [-0.4, -0.2) is 42.0 Å². The molecule has 0 unspecified atom stereocenters. The van der Waals surface area contributed by atoms with Crippen molar-refractivity contribution in [3.8, 4) is 0 Å². The number of aromatic nitrogens is 1. The highest BCUT2D eigenvalue weighted by atomic mass is 35.5. The van der Waals surface area contributed by atoms with Crippen molar-refractivity contribution in [1.29, 1.82) is 0 Å². The van der Waals surface area contributed by atoms with Gasteiger partial charge in [-0.15, -0.1) is 0 Å². The quantitative estimate of drug-likeness (QED) is 0.839. The van der Waals surface area contributed by atoms with Crippen molar-refractivity contribution in [2.24, 2.45) is 0 Å². The normalized spacial score (nSPS) is 18.8. The fourth-order valence-corrected chi connectivity index (χ4v) is 3.17. The molecular formula is C15H24ClN3O. The van der Waals surface area contributed by atoms with Gasteiger partial charge in [0.15, 0.2) is 0 Å². The Bertz CT molecular complexity index is 448. The number of amides is 1. The lowest BCUT2D eigenvalue weighted by Gasteiger charge is -2.39. The molecule has 1 aliphatic rings. The van der Waals surface area contributed by atoms with Gasteiger partial charge in [0.1, 0.15) is 5.69 Å². The predicted molar refractivity (Wildman–Crippen MR) is 82.3 cm³/mol. The molecule has 20 heavy (non-hydrogen) atoms. The predicted octanol–water partition coefficient (Wildman–Crippen LogP) is 3.05. The van der Waals surface area contributed by atoms with Gasteiger partial charge in [-0.3, -0.25) is 4.79 Å². The number of H-pyrrole nitrogens is 1. The Hall–Kier alpha value is -1.00. The van der Waals surface area contributed by atoms with Crippen molar-refractivity contribution in [3.05, 3.63) is 23.0 Å². The molecule has 2 rings (SSSR count). The van der Waals surface area contributed by atoms with Gasteiger partial charge in [-0.25, -0.2) is 0 Å². The van der Waals surface area contributed by atoms with E-state index in [1.54, 1.807) is 12.3 Å². The molecule has 5 heteroatoms. The second-order valence-electron chi connectivity index (χ2n) is 5.95. The first-order valence-corrected chi connectivity index (χ1v) is 7.71. The third-order valence-electron chi connectivity index (χ3n) is 4.45. The van der Waals surface area contributed by atoms with Gasteiger partial charge in [0, 0.05) is 18.3 Å². The first-order valence-electron chi connectivity index (χ1n) is 7.33. The molecule has 0 aliphatic heterocycles. The van der Waals surface area contributed by atoms with E-state index in [1.165, 1.54) is 25.7 Å². The molecule has 0 aromatic carbocycles. The van der Waals surface area contributed by atoms with Crippen LogP contribution in [0.25, 0.3) is 0 Å². The van der Waals surface area contributed by atoms with E-state index in [1.807, 2.05) is 0 Å². The Morgan fingerprint density at radius 3 is 2.50 bits per heavy atom. The van der Waals surface area contributed by atoms with E-state index in [0.29, 0.717) is 17.3 Å². The fourth-order valence-electron chi connectivity index (χ4n) is 3.01. The van der Waals surface area contributed by atoms with E-state index >= 15 is 0 Å². The number of nitrogens with zero attached hydrogens (tertiary/aromatic N) is 1. The lowest BCUT2D eigenvalue weighted by molar-refractivity contribution is 0.0865. The van der Waals surface area contributed by atoms with E-state index in [4.69, 9.17) is 11.6 Å². The highest BCUT2D eigenvalue weighted by Gasteiger charge is 2.33. The summed E-state index contributed by atoms with van der Waals surface area (Å²) >= 11 is 5.83. The van der Waals surface area contributed by atoms with E-state index in [0.717, 1.165) is 12.8 Å². The van der Waals surface area contributed by atoms with Crippen LogP contribution in [-0.2, 0) is 0 Å². The van der Waals surface area contributed by atoms with Crippen molar-refractivity contribution in [2.75, 3.05) is 20.6 Å². The molecule has 1 amide bonds. The van der Waals surface area contributed by atoms with Crippen LogP contribution in [0.1, 0.15) is 49.0 Å². The zero-order chi connectivity index (χ0) is 14.6. The summed E-state index contributed by atoms with van der Waals surface area (Å²) in [5, 5.41) is 3.62. The number of aromatic amines is 1. The third-order valence-corrected chi connectivity index (χ3v) is 4.67. The van der Waals surface area contributed by atoms with Gasteiger partial charge in [-0.05, 0) is 33.0 Å². The van der Waals surface area contributed by atoms with Crippen LogP contribution in [0, 0.1) is 0 Å². The first-order chi connectivity index (χ1) is 9.53. The monoisotopic (exact) mass is 297 g/mol. The second-order valence-corrected chi connectivity index (χ2v) is 6.38. The topological polar surface area (TPSA) is 48.1 Å². The molecule has 1 aliphatic carbocycles. The maximum absolute atomic E-state index is 12.1. The summed E-state index contributed by atoms with van der Waals surface area (Å²) in [6.45, 7) is 0.690. The minimum atomic E-state index is -0.0811. The molecule has 0 bridgehead atoms. The molecule has 112 valence electrons. The van der Waals surface area contributed by atoms with Crippen molar-refractivity contribution in [2.45, 2.75) is 44.1 Å². The Morgan fingerprint density at radius 1 is 1.35 bits per heavy atom. The van der Waals surface area contributed by atoms with Crippen molar-refractivity contribution < 1.29 is 4.79 Å². The Balaban J connectivity index is 2.00. The van der Waals surface area contributed by atoms with Gasteiger partial charge in [0.25, 0.3) is 5.91 Å². The molecule has 4 nitrogen and oxygen atoms in total. The van der Waals surface area contributed by atoms with Gasteiger partial charge < -0.3 is 15.2 Å². The number of carbonyl (C=O) groups is 1. The number of likely N-dealkylation sites (N-methyl/N-ethyl adjacent to an activating group) is 1. The molecule has 1 saturated carbocycles. The molecule has 0 atom stereocenters. The van der Waals surface area contributed by atoms with Crippen LogP contribution in [0.5, 0.6) is 0 Å². The number of halogens is 1. The Kier molecular flexibility index (Phi) is 5.11. The number of rotatable bonds is 4. The van der Waals surface area contributed by atoms with Gasteiger partial charge >= 0.3 is 0 Å². The molecule has 0 radical (unpaired) electrons. The van der Waals surface area contributed by atoms with Gasteiger partial charge in [0.2, 0.25) is 0 Å². The van der Waals surface area contributed by atoms with Crippen molar-refractivity contribution in [1.82, 2.24) is 15.2 Å². The summed E-state index contributed by atoms with van der Waals surface area (Å²) < 4.78 is 0. The van der Waals surface area contributed by atoms with Crippen LogP contribution in [0.3, 0.4) is 0 Å². The van der Waals surface area contributed by atoms with Gasteiger partial charge in [-0.1, -0.05) is 37.3 Å². The average Bonchev–Trinajstić information content (AvgIpc) is 2.71. The summed E-state index contributed by atoms with van der Waals surface area (Å²) in [4.78, 5) is 17.3. The largest absolute Gasteiger partial charge is 0.356 e. The molecule has 1 aromatic rings. The van der Waals surface area contributed by atoms with Crippen molar-refractivity contribution in [3.63, 3.8) is 0 Å². The number of hydrogen-bond donors (Lipinski definition) is 2. The van der Waals surface area contributed by atoms with Crippen LogP contribution in [0.15, 0.2) is 12.3 Å². The molecule has 1 aromatic heterocycles. The molecule has 0 saturated heterocycles. The SMILES string of the molecule is CN(C)C1(CNC(=O)c2cc(Cl)c[nH]2)CCCCCC1. The van der Waals surface area contributed by atoms with Crippen LogP contribution < -0.4 is 5.32 Å². The minimum absolute atomic E-state index is 0.0811. The summed E-state index contributed by atoms with van der Waals surface area (Å²) in [6.07, 6.45) is 9.00. The lowest BCUT2D eigenvalue weighted by Crippen LogP contribution is -2.52. The molecule has 1 fully saturated rings. The van der Waals surface area contributed by atoms with Gasteiger partial charge in [-0.2, -0.15) is 0 Å². The Morgan fingerprint density at radius 2 is 2.00 bits per heavy atom. The summed E-state index contributed by atoms with van der Waals surface area (Å²) in [5.41, 5.74) is 0.611. The number of nitrogens with one attached hydrogen (secondary N) is 2. The third kappa shape index (κ3) is 3.55. The lowest BCUT2D eigenvalue weighted by atomic mass is 9.88. The highest BCUT2D eigenvalue weighted by Crippen LogP contribution is 2.30. The zero-order valence-electron chi connectivity index (χ0n) is 12.3. The summed E-state index contributed by atoms with van der Waals surface area (Å²) in [6, 6.07) is 1.66. The van der Waals surface area contributed by atoms with Crippen LogP contribution in [0.4, 0.5) is 0 Å². The maximum Gasteiger partial charge on any atom is 0.267 e. The highest BCUT2D eigenvalue weighted by molar-refractivity contribution is 6.30. The number of hydrogen-bond acceptors (Lipinski definition) is 2. The molecule has 1 heterocycles. The van der Waals surface area contributed by atoms with Crippen molar-refractivity contribution >= 4 is 17.5 Å². The van der Waals surface area contributed by atoms with E-state index in [9.17, 15) is 4.79 Å². The maximum atomic E-state index is 12.1. The standard InChI is InChI=1S/C15H24ClN3O/c1-19(2)15(7-5-3-4-6-8-15)11-18-14(20)13-9-12(16)10-17-13/h9-10,17H,3-8,11H2,1-2H3,(H,18,20). The van der Waals surface area contributed by atoms with Crippen LogP contribution >= 0.6 is 11.6 Å². The first kappa shape index (κ1) is 15.4. The second kappa shape index (κ2) is 6.64. The minimum Gasteiger partial charge on any atom is -0.356 e. The molecule has 0 spiro atoms. The van der Waals surface area contributed by atoms with E-state index in [-0.39, 0.29) is 11.4 Å². The molecule has 2 N–H and O–H groups in total. The average molecular weight is 298 g/mol. The van der Waals surface area contributed by atoms with E-state index < -0.39 is 0 Å².